The molecule has 1 atom stereocenters. The Bertz CT molecular complexity index is 924. The van der Waals surface area contributed by atoms with Crippen molar-refractivity contribution in [3.05, 3.63) is 35.7 Å². The summed E-state index contributed by atoms with van der Waals surface area (Å²) in [7, 11) is 1.22. The number of rotatable bonds is 6. The van der Waals surface area contributed by atoms with Gasteiger partial charge < -0.3 is 30.1 Å². The van der Waals surface area contributed by atoms with E-state index in [1.165, 1.54) is 27.8 Å². The number of hydrogen-bond acceptors (Lipinski definition) is 8. The minimum atomic E-state index is -1.50. The van der Waals surface area contributed by atoms with Crippen molar-refractivity contribution in [1.82, 2.24) is 25.2 Å². The van der Waals surface area contributed by atoms with E-state index in [0.29, 0.717) is 5.69 Å². The van der Waals surface area contributed by atoms with E-state index in [1.807, 2.05) is 0 Å². The van der Waals surface area contributed by atoms with Crippen molar-refractivity contribution >= 4 is 17.7 Å². The molecule has 0 radical (unpaired) electrons. The molecule has 0 spiro atoms. The molecule has 13 heteroatoms. The van der Waals surface area contributed by atoms with Crippen LogP contribution in [0.2, 0.25) is 0 Å². The zero-order valence-corrected chi connectivity index (χ0v) is 16.7. The number of alkyl carbamates (subject to hydrolysis) is 1. The predicted molar refractivity (Wildman–Crippen MR) is 102 cm³/mol. The molecule has 2 amide bonds. The monoisotopic (exact) mass is 440 g/mol. The maximum Gasteiger partial charge on any atom is 0.407 e. The van der Waals surface area contributed by atoms with Crippen LogP contribution in [0.3, 0.4) is 0 Å². The van der Waals surface area contributed by atoms with Crippen molar-refractivity contribution in [3.63, 3.8) is 0 Å². The Balaban J connectivity index is 1.70. The number of aromatic nitrogens is 3. The third kappa shape index (κ3) is 5.06. The number of hydrogen-bond donors (Lipinski definition) is 3. The highest BCUT2D eigenvalue weighted by Crippen LogP contribution is 2.27. The summed E-state index contributed by atoms with van der Waals surface area (Å²) in [6.45, 7) is -0.0456. The third-order valence-corrected chi connectivity index (χ3v) is 4.77. The molecular formula is C18H22F2N6O5. The molecule has 3 N–H and O–H groups in total. The van der Waals surface area contributed by atoms with Crippen LogP contribution in [0.4, 0.5) is 19.3 Å². The molecule has 11 nitrogen and oxygen atoms in total. The Morgan fingerprint density at radius 2 is 1.87 bits per heavy atom. The van der Waals surface area contributed by atoms with Gasteiger partial charge in [0.25, 0.3) is 5.91 Å². The largest absolute Gasteiger partial charge is 0.453 e. The average molecular weight is 440 g/mol. The Morgan fingerprint density at radius 3 is 2.45 bits per heavy atom. The van der Waals surface area contributed by atoms with Crippen LogP contribution < -0.4 is 10.2 Å². The fraction of sp³-hybridized carbons (Fsp3) is 0.444. The second-order valence-electron chi connectivity index (χ2n) is 6.77. The summed E-state index contributed by atoms with van der Waals surface area (Å²) in [6, 6.07) is 2.22. The van der Waals surface area contributed by atoms with E-state index in [9.17, 15) is 23.5 Å². The number of ether oxygens (including phenoxy) is 1. The molecule has 0 aliphatic carbocycles. The average Bonchev–Trinajstić information content (AvgIpc) is 3.25. The SMILES string of the molecule is COC(=O)NCc1cn(-c2cc(F)c(N3CCN(C(=O)C(O)CO)CC3)c(F)c2)nn1. The van der Waals surface area contributed by atoms with E-state index in [2.05, 4.69) is 20.4 Å². The Hall–Kier alpha value is -3.32. The van der Waals surface area contributed by atoms with Gasteiger partial charge in [0.05, 0.1) is 32.1 Å². The molecule has 1 aromatic carbocycles. The molecule has 1 saturated heterocycles. The van der Waals surface area contributed by atoms with E-state index in [0.717, 1.165) is 12.1 Å². The minimum Gasteiger partial charge on any atom is -0.453 e. The van der Waals surface area contributed by atoms with Gasteiger partial charge in [0.2, 0.25) is 0 Å². The van der Waals surface area contributed by atoms with Crippen LogP contribution in [0.15, 0.2) is 18.3 Å². The number of carbonyl (C=O) groups excluding carboxylic acids is 2. The number of piperazine rings is 1. The van der Waals surface area contributed by atoms with Crippen LogP contribution in [-0.2, 0) is 16.1 Å². The van der Waals surface area contributed by atoms with E-state index < -0.39 is 36.3 Å². The normalized spacial score (nSPS) is 15.0. The van der Waals surface area contributed by atoms with Gasteiger partial charge in [-0.25, -0.2) is 18.3 Å². The van der Waals surface area contributed by atoms with Crippen molar-refractivity contribution in [1.29, 1.82) is 0 Å². The summed E-state index contributed by atoms with van der Waals surface area (Å²) in [5.74, 6) is -2.24. The molecule has 1 aromatic heterocycles. The molecule has 0 bridgehead atoms. The molecule has 0 saturated carbocycles. The Morgan fingerprint density at radius 1 is 1.23 bits per heavy atom. The van der Waals surface area contributed by atoms with Gasteiger partial charge in [-0.3, -0.25) is 4.79 Å². The third-order valence-electron chi connectivity index (χ3n) is 4.77. The van der Waals surface area contributed by atoms with Crippen molar-refractivity contribution in [2.75, 3.05) is 44.8 Å². The molecule has 2 aromatic rings. The quantitative estimate of drug-likeness (QED) is 0.543. The summed E-state index contributed by atoms with van der Waals surface area (Å²) < 4.78 is 35.1. The number of anilines is 1. The highest BCUT2D eigenvalue weighted by Gasteiger charge is 2.28. The lowest BCUT2D eigenvalue weighted by molar-refractivity contribution is -0.142. The number of aliphatic hydroxyl groups is 2. The number of methoxy groups -OCH3 is 1. The lowest BCUT2D eigenvalue weighted by atomic mass is 10.2. The fourth-order valence-electron chi connectivity index (χ4n) is 3.17. The number of carbonyl (C=O) groups is 2. The Kier molecular flexibility index (Phi) is 6.97. The highest BCUT2D eigenvalue weighted by molar-refractivity contribution is 5.81. The summed E-state index contributed by atoms with van der Waals surface area (Å²) in [4.78, 5) is 25.8. The summed E-state index contributed by atoms with van der Waals surface area (Å²) in [5, 5.41) is 28.4. The van der Waals surface area contributed by atoms with Crippen molar-refractivity contribution < 1.29 is 33.3 Å². The van der Waals surface area contributed by atoms with Crippen LogP contribution in [0.1, 0.15) is 5.69 Å². The standard InChI is InChI=1S/C18H22F2N6O5/c1-31-18(30)21-8-11-9-26(23-22-11)12-6-13(19)16(14(20)7-12)24-2-4-25(5-3-24)17(29)15(28)10-27/h6-7,9,15,27-28H,2-5,8,10H2,1H3,(H,21,30). The first kappa shape index (κ1) is 22.4. The van der Waals surface area contributed by atoms with Crippen molar-refractivity contribution in [3.8, 4) is 5.69 Å². The number of benzene rings is 1. The maximum absolute atomic E-state index is 14.8. The van der Waals surface area contributed by atoms with E-state index in [-0.39, 0.29) is 44.1 Å². The molecule has 1 aliphatic heterocycles. The van der Waals surface area contributed by atoms with Gasteiger partial charge in [0.1, 0.15) is 11.4 Å². The number of halogens is 2. The first-order valence-electron chi connectivity index (χ1n) is 9.39. The van der Waals surface area contributed by atoms with E-state index >= 15 is 0 Å². The van der Waals surface area contributed by atoms with Crippen LogP contribution in [-0.4, -0.2) is 88.1 Å². The molecule has 1 unspecified atom stereocenters. The zero-order valence-electron chi connectivity index (χ0n) is 16.7. The minimum absolute atomic E-state index is 0.0314. The lowest BCUT2D eigenvalue weighted by Gasteiger charge is -2.37. The van der Waals surface area contributed by atoms with Crippen LogP contribution >= 0.6 is 0 Å². The van der Waals surface area contributed by atoms with Gasteiger partial charge in [-0.15, -0.1) is 5.10 Å². The second-order valence-corrected chi connectivity index (χ2v) is 6.77. The van der Waals surface area contributed by atoms with Gasteiger partial charge in [-0.2, -0.15) is 0 Å². The smallest absolute Gasteiger partial charge is 0.407 e. The lowest BCUT2D eigenvalue weighted by Crippen LogP contribution is -2.52. The molecule has 3 rings (SSSR count). The van der Waals surface area contributed by atoms with E-state index in [1.54, 1.807) is 0 Å². The maximum atomic E-state index is 14.8. The summed E-state index contributed by atoms with van der Waals surface area (Å²) in [5.41, 5.74) is 0.239. The number of nitrogens with one attached hydrogen (secondary N) is 1. The molecule has 1 aliphatic rings. The van der Waals surface area contributed by atoms with Crippen LogP contribution in [0.5, 0.6) is 0 Å². The highest BCUT2D eigenvalue weighted by atomic mass is 19.1. The summed E-state index contributed by atoms with van der Waals surface area (Å²) in [6.07, 6.45) is -0.737. The Labute approximate surface area is 175 Å². The number of nitrogens with zero attached hydrogens (tertiary/aromatic N) is 5. The fourth-order valence-corrected chi connectivity index (χ4v) is 3.17. The topological polar surface area (TPSA) is 133 Å². The number of aliphatic hydroxyl groups excluding tert-OH is 2. The summed E-state index contributed by atoms with van der Waals surface area (Å²) >= 11 is 0. The second kappa shape index (κ2) is 9.66. The molecule has 1 fully saturated rings. The van der Waals surface area contributed by atoms with Crippen molar-refractivity contribution in [2.24, 2.45) is 0 Å². The van der Waals surface area contributed by atoms with E-state index in [4.69, 9.17) is 5.11 Å². The van der Waals surface area contributed by atoms with Crippen LogP contribution in [0.25, 0.3) is 5.69 Å². The first-order chi connectivity index (χ1) is 14.8. The van der Waals surface area contributed by atoms with Gasteiger partial charge in [0.15, 0.2) is 17.7 Å². The van der Waals surface area contributed by atoms with Gasteiger partial charge in [-0.1, -0.05) is 5.21 Å². The van der Waals surface area contributed by atoms with Gasteiger partial charge in [0, 0.05) is 38.3 Å². The van der Waals surface area contributed by atoms with Crippen LogP contribution in [0, 0.1) is 11.6 Å². The van der Waals surface area contributed by atoms with Crippen molar-refractivity contribution in [2.45, 2.75) is 12.6 Å². The molecular weight excluding hydrogens is 418 g/mol. The zero-order chi connectivity index (χ0) is 22.5. The van der Waals surface area contributed by atoms with Gasteiger partial charge in [-0.05, 0) is 0 Å². The molecule has 31 heavy (non-hydrogen) atoms. The predicted octanol–water partition coefficient (Wildman–Crippen LogP) is -0.597. The first-order valence-corrected chi connectivity index (χ1v) is 9.39. The molecule has 168 valence electrons. The number of amides is 2. The van der Waals surface area contributed by atoms with Gasteiger partial charge >= 0.3 is 6.09 Å². The molecule has 2 heterocycles.